The lowest BCUT2D eigenvalue weighted by molar-refractivity contribution is 0.588. The van der Waals surface area contributed by atoms with Crippen LogP contribution >= 0.6 is 0 Å². The highest BCUT2D eigenvalue weighted by Gasteiger charge is 2.19. The summed E-state index contributed by atoms with van der Waals surface area (Å²) in [6.45, 7) is 1.57. The second kappa shape index (κ2) is 4.11. The third-order valence-electron chi connectivity index (χ3n) is 2.05. The Bertz CT molecular complexity index is 506. The van der Waals surface area contributed by atoms with Gasteiger partial charge in [-0.3, -0.25) is 4.79 Å². The molecule has 6 nitrogen and oxygen atoms in total. The van der Waals surface area contributed by atoms with Crippen LogP contribution in [0.5, 0.6) is 0 Å². The van der Waals surface area contributed by atoms with Gasteiger partial charge < -0.3 is 10.7 Å². The zero-order chi connectivity index (χ0) is 11.6. The van der Waals surface area contributed by atoms with Crippen molar-refractivity contribution < 1.29 is 8.42 Å². The second-order valence-corrected chi connectivity index (χ2v) is 5.66. The maximum absolute atomic E-state index is 11.2. The van der Waals surface area contributed by atoms with Gasteiger partial charge in [-0.25, -0.2) is 13.4 Å². The molecule has 7 heteroatoms. The number of nitrogens with zero attached hydrogens (tertiary/aromatic N) is 1. The molecule has 1 atom stereocenters. The van der Waals surface area contributed by atoms with Gasteiger partial charge in [-0.1, -0.05) is 0 Å². The molecule has 1 aromatic heterocycles. The number of nitrogens with two attached hydrogens (primary N) is 1. The summed E-state index contributed by atoms with van der Waals surface area (Å²) in [5, 5.41) is -0.836. The van der Waals surface area contributed by atoms with Gasteiger partial charge in [-0.05, 0) is 6.92 Å². The number of sulfone groups is 1. The van der Waals surface area contributed by atoms with Crippen molar-refractivity contribution in [2.24, 2.45) is 5.73 Å². The van der Waals surface area contributed by atoms with Crippen LogP contribution in [0.4, 0.5) is 0 Å². The lowest BCUT2D eigenvalue weighted by Gasteiger charge is -2.08. The zero-order valence-electron chi connectivity index (χ0n) is 8.52. The summed E-state index contributed by atoms with van der Waals surface area (Å²) < 4.78 is 22.5. The van der Waals surface area contributed by atoms with E-state index < -0.39 is 20.6 Å². The van der Waals surface area contributed by atoms with Crippen molar-refractivity contribution in [1.29, 1.82) is 0 Å². The zero-order valence-corrected chi connectivity index (χ0v) is 9.34. The molecule has 0 bridgehead atoms. The highest BCUT2D eigenvalue weighted by molar-refractivity contribution is 7.90. The fourth-order valence-corrected chi connectivity index (χ4v) is 1.55. The van der Waals surface area contributed by atoms with Crippen LogP contribution in [0.1, 0.15) is 23.7 Å². The number of aromatic amines is 1. The van der Waals surface area contributed by atoms with Crippen molar-refractivity contribution in [2.45, 2.75) is 18.7 Å². The first-order chi connectivity index (χ1) is 6.84. The Kier molecular flexibility index (Phi) is 3.25. The first-order valence-corrected chi connectivity index (χ1v) is 6.29. The minimum Gasteiger partial charge on any atom is -0.325 e. The number of rotatable bonds is 3. The Hall–Kier alpha value is -1.21. The topological polar surface area (TPSA) is 106 Å². The Morgan fingerprint density at radius 1 is 1.60 bits per heavy atom. The van der Waals surface area contributed by atoms with Gasteiger partial charge in [0, 0.05) is 18.9 Å². The summed E-state index contributed by atoms with van der Waals surface area (Å²) in [7, 11) is -3.27. The van der Waals surface area contributed by atoms with E-state index in [1.54, 1.807) is 0 Å². The van der Waals surface area contributed by atoms with Crippen molar-refractivity contribution >= 4 is 9.84 Å². The van der Waals surface area contributed by atoms with E-state index in [1.165, 1.54) is 13.0 Å². The molecule has 0 aliphatic heterocycles. The molecular weight excluding hydrogens is 218 g/mol. The summed E-state index contributed by atoms with van der Waals surface area (Å²) in [4.78, 5) is 17.5. The molecule has 3 N–H and O–H groups in total. The number of nitrogens with one attached hydrogen (secondary N) is 1. The number of hydrogen-bond acceptors (Lipinski definition) is 5. The van der Waals surface area contributed by atoms with E-state index in [9.17, 15) is 13.2 Å². The number of aromatic nitrogens is 2. The van der Waals surface area contributed by atoms with Crippen LogP contribution in [0.25, 0.3) is 0 Å². The molecule has 1 aromatic rings. The molecule has 0 fully saturated rings. The largest absolute Gasteiger partial charge is 0.325 e. The van der Waals surface area contributed by atoms with Crippen LogP contribution in [0.3, 0.4) is 0 Å². The summed E-state index contributed by atoms with van der Waals surface area (Å²) in [5.74, 6) is 0.130. The van der Waals surface area contributed by atoms with Crippen molar-refractivity contribution in [2.75, 3.05) is 6.26 Å². The Balaban J connectivity index is 3.27. The third-order valence-corrected chi connectivity index (χ3v) is 3.56. The molecule has 0 saturated heterocycles. The lowest BCUT2D eigenvalue weighted by atomic mass is 10.3. The van der Waals surface area contributed by atoms with Gasteiger partial charge in [-0.15, -0.1) is 0 Å². The van der Waals surface area contributed by atoms with Crippen LogP contribution in [0.2, 0.25) is 0 Å². The van der Waals surface area contributed by atoms with Gasteiger partial charge >= 0.3 is 0 Å². The van der Waals surface area contributed by atoms with Gasteiger partial charge in [0.05, 0.1) is 5.69 Å². The maximum Gasteiger partial charge on any atom is 0.251 e. The van der Waals surface area contributed by atoms with Crippen molar-refractivity contribution in [3.8, 4) is 0 Å². The monoisotopic (exact) mass is 231 g/mol. The van der Waals surface area contributed by atoms with Crippen LogP contribution < -0.4 is 11.3 Å². The Morgan fingerprint density at radius 3 is 2.67 bits per heavy atom. The van der Waals surface area contributed by atoms with Crippen molar-refractivity contribution in [1.82, 2.24) is 9.97 Å². The predicted molar refractivity (Wildman–Crippen MR) is 56.0 cm³/mol. The molecule has 1 heterocycles. The second-order valence-electron chi connectivity index (χ2n) is 3.30. The molecule has 1 unspecified atom stereocenters. The molecular formula is C8H13N3O3S. The van der Waals surface area contributed by atoms with E-state index in [-0.39, 0.29) is 12.4 Å². The van der Waals surface area contributed by atoms with E-state index in [2.05, 4.69) is 9.97 Å². The third kappa shape index (κ3) is 2.87. The molecule has 0 aliphatic carbocycles. The highest BCUT2D eigenvalue weighted by Crippen LogP contribution is 2.15. The van der Waals surface area contributed by atoms with Gasteiger partial charge in [0.25, 0.3) is 5.56 Å². The van der Waals surface area contributed by atoms with Gasteiger partial charge in [-0.2, -0.15) is 0 Å². The summed E-state index contributed by atoms with van der Waals surface area (Å²) in [6, 6.07) is 1.25. The minimum atomic E-state index is -3.27. The molecule has 0 aliphatic rings. The standard InChI is InChI=1S/C8H13N3O3S/c1-5(15(2,13)14)8-10-6(4-9)3-7(12)11-8/h3,5H,4,9H2,1-2H3,(H,10,11,12). The molecule has 1 rings (SSSR count). The molecule has 84 valence electrons. The van der Waals surface area contributed by atoms with Crippen LogP contribution in [-0.2, 0) is 16.4 Å². The number of H-pyrrole nitrogens is 1. The Morgan fingerprint density at radius 2 is 2.20 bits per heavy atom. The minimum absolute atomic E-state index is 0.105. The number of hydrogen-bond donors (Lipinski definition) is 2. The molecule has 0 aromatic carbocycles. The van der Waals surface area contributed by atoms with E-state index in [1.807, 2.05) is 0 Å². The molecule has 0 amide bonds. The smallest absolute Gasteiger partial charge is 0.251 e. The van der Waals surface area contributed by atoms with E-state index >= 15 is 0 Å². The first-order valence-electron chi connectivity index (χ1n) is 4.33. The van der Waals surface area contributed by atoms with Crippen molar-refractivity contribution in [3.63, 3.8) is 0 Å². The van der Waals surface area contributed by atoms with E-state index in [0.29, 0.717) is 5.69 Å². The lowest BCUT2D eigenvalue weighted by Crippen LogP contribution is -2.19. The summed E-state index contributed by atoms with van der Waals surface area (Å²) >= 11 is 0. The fraction of sp³-hybridized carbons (Fsp3) is 0.500. The van der Waals surface area contributed by atoms with Crippen LogP contribution in [0.15, 0.2) is 10.9 Å². The molecule has 0 saturated carbocycles. The average molecular weight is 231 g/mol. The van der Waals surface area contributed by atoms with Gasteiger partial charge in [0.1, 0.15) is 11.1 Å². The van der Waals surface area contributed by atoms with E-state index in [0.717, 1.165) is 6.26 Å². The highest BCUT2D eigenvalue weighted by atomic mass is 32.2. The fourth-order valence-electron chi connectivity index (χ4n) is 1.03. The van der Waals surface area contributed by atoms with E-state index in [4.69, 9.17) is 5.73 Å². The normalized spacial score (nSPS) is 13.8. The maximum atomic E-state index is 11.2. The predicted octanol–water partition coefficient (Wildman–Crippen LogP) is -0.666. The SMILES string of the molecule is CC(c1nc(CN)cc(=O)[nH]1)S(C)(=O)=O. The molecule has 0 spiro atoms. The summed E-state index contributed by atoms with van der Waals surface area (Å²) in [6.07, 6.45) is 1.09. The Labute approximate surface area is 87.5 Å². The quantitative estimate of drug-likeness (QED) is 0.718. The average Bonchev–Trinajstić information content (AvgIpc) is 2.14. The van der Waals surface area contributed by atoms with Crippen molar-refractivity contribution in [3.05, 3.63) is 27.9 Å². The molecule has 15 heavy (non-hydrogen) atoms. The van der Waals surface area contributed by atoms with Gasteiger partial charge in [0.2, 0.25) is 0 Å². The molecule has 0 radical (unpaired) electrons. The summed E-state index contributed by atoms with van der Waals surface area (Å²) in [5.41, 5.74) is 5.32. The van der Waals surface area contributed by atoms with Crippen LogP contribution in [-0.4, -0.2) is 24.6 Å². The van der Waals surface area contributed by atoms with Gasteiger partial charge in [0.15, 0.2) is 9.84 Å². The first kappa shape index (κ1) is 11.9. The van der Waals surface area contributed by atoms with Crippen LogP contribution in [0, 0.1) is 0 Å².